The molecule has 1 saturated carbocycles. The lowest BCUT2D eigenvalue weighted by Gasteiger charge is -2.13. The molecular formula is C13H18ClN. The van der Waals surface area contributed by atoms with Crippen molar-refractivity contribution in [2.45, 2.75) is 32.2 Å². The molecular weight excluding hydrogens is 206 g/mol. The molecule has 82 valence electrons. The first-order valence-corrected chi connectivity index (χ1v) is 6.09. The van der Waals surface area contributed by atoms with Gasteiger partial charge in [-0.05, 0) is 56.3 Å². The number of nitrogens with one attached hydrogen (secondary N) is 1. The van der Waals surface area contributed by atoms with Gasteiger partial charge in [0.1, 0.15) is 0 Å². The molecule has 0 amide bonds. The molecule has 1 unspecified atom stereocenters. The Morgan fingerprint density at radius 1 is 1.47 bits per heavy atom. The molecule has 15 heavy (non-hydrogen) atoms. The summed E-state index contributed by atoms with van der Waals surface area (Å²) in [5.74, 6) is 0.951. The second kappa shape index (κ2) is 5.00. The minimum absolute atomic E-state index is 0.545. The Labute approximate surface area is 96.8 Å². The Morgan fingerprint density at radius 3 is 2.93 bits per heavy atom. The van der Waals surface area contributed by atoms with Crippen LogP contribution in [-0.2, 0) is 6.42 Å². The zero-order valence-corrected chi connectivity index (χ0v) is 9.93. The molecule has 0 aliphatic heterocycles. The van der Waals surface area contributed by atoms with Gasteiger partial charge in [-0.25, -0.2) is 0 Å². The maximum Gasteiger partial charge on any atom is 0.0408 e. The van der Waals surface area contributed by atoms with Gasteiger partial charge in [-0.3, -0.25) is 0 Å². The van der Waals surface area contributed by atoms with E-state index in [-0.39, 0.29) is 0 Å². The standard InChI is InChI=1S/C13H18ClN/c1-10(15-9-11-5-6-11)7-12-3-2-4-13(14)8-12/h2-4,8,10-11,15H,5-7,9H2,1H3. The number of hydrogen-bond acceptors (Lipinski definition) is 1. The van der Waals surface area contributed by atoms with Gasteiger partial charge in [-0.1, -0.05) is 23.7 Å². The molecule has 2 heteroatoms. The monoisotopic (exact) mass is 223 g/mol. The van der Waals surface area contributed by atoms with E-state index in [1.807, 2.05) is 12.1 Å². The second-order valence-corrected chi connectivity index (χ2v) is 5.02. The summed E-state index contributed by atoms with van der Waals surface area (Å²) in [4.78, 5) is 0. The zero-order valence-electron chi connectivity index (χ0n) is 9.17. The van der Waals surface area contributed by atoms with Gasteiger partial charge in [0.05, 0.1) is 0 Å². The number of rotatable bonds is 5. The van der Waals surface area contributed by atoms with E-state index in [9.17, 15) is 0 Å². The summed E-state index contributed by atoms with van der Waals surface area (Å²) < 4.78 is 0. The number of halogens is 1. The molecule has 1 aliphatic carbocycles. The van der Waals surface area contributed by atoms with Crippen LogP contribution in [0.1, 0.15) is 25.3 Å². The average Bonchev–Trinajstić information content (AvgIpc) is 2.98. The highest BCUT2D eigenvalue weighted by molar-refractivity contribution is 6.30. The Bertz CT molecular complexity index is 320. The molecule has 2 rings (SSSR count). The maximum absolute atomic E-state index is 5.95. The van der Waals surface area contributed by atoms with Crippen molar-refractivity contribution >= 4 is 11.6 Å². The molecule has 0 spiro atoms. The molecule has 1 aliphatic rings. The SMILES string of the molecule is CC(Cc1cccc(Cl)c1)NCC1CC1. The fraction of sp³-hybridized carbons (Fsp3) is 0.538. The quantitative estimate of drug-likeness (QED) is 0.808. The number of hydrogen-bond donors (Lipinski definition) is 1. The van der Waals surface area contributed by atoms with Gasteiger partial charge < -0.3 is 5.32 Å². The highest BCUT2D eigenvalue weighted by Gasteiger charge is 2.21. The lowest BCUT2D eigenvalue weighted by molar-refractivity contribution is 0.526. The van der Waals surface area contributed by atoms with E-state index in [0.717, 1.165) is 17.4 Å². The van der Waals surface area contributed by atoms with E-state index in [4.69, 9.17) is 11.6 Å². The fourth-order valence-corrected chi connectivity index (χ4v) is 1.99. The minimum atomic E-state index is 0.545. The summed E-state index contributed by atoms with van der Waals surface area (Å²) in [5.41, 5.74) is 1.32. The molecule has 0 aromatic heterocycles. The second-order valence-electron chi connectivity index (χ2n) is 4.59. The van der Waals surface area contributed by atoms with Gasteiger partial charge in [0.2, 0.25) is 0 Å². The van der Waals surface area contributed by atoms with Gasteiger partial charge in [-0.2, -0.15) is 0 Å². The van der Waals surface area contributed by atoms with Gasteiger partial charge in [0, 0.05) is 11.1 Å². The van der Waals surface area contributed by atoms with Crippen molar-refractivity contribution in [1.29, 1.82) is 0 Å². The van der Waals surface area contributed by atoms with Crippen LogP contribution in [-0.4, -0.2) is 12.6 Å². The van der Waals surface area contributed by atoms with Crippen LogP contribution in [0.15, 0.2) is 24.3 Å². The zero-order chi connectivity index (χ0) is 10.7. The minimum Gasteiger partial charge on any atom is -0.314 e. The van der Waals surface area contributed by atoms with Crippen molar-refractivity contribution in [3.05, 3.63) is 34.9 Å². The third-order valence-electron chi connectivity index (χ3n) is 2.88. The summed E-state index contributed by atoms with van der Waals surface area (Å²) in [7, 11) is 0. The van der Waals surface area contributed by atoms with Crippen molar-refractivity contribution in [1.82, 2.24) is 5.32 Å². The van der Waals surface area contributed by atoms with Crippen LogP contribution in [0.25, 0.3) is 0 Å². The third kappa shape index (κ3) is 3.84. The lowest BCUT2D eigenvalue weighted by Crippen LogP contribution is -2.29. The Morgan fingerprint density at radius 2 is 2.27 bits per heavy atom. The smallest absolute Gasteiger partial charge is 0.0408 e. The van der Waals surface area contributed by atoms with E-state index < -0.39 is 0 Å². The van der Waals surface area contributed by atoms with Crippen LogP contribution in [0.4, 0.5) is 0 Å². The van der Waals surface area contributed by atoms with E-state index >= 15 is 0 Å². The van der Waals surface area contributed by atoms with Gasteiger partial charge in [0.25, 0.3) is 0 Å². The first kappa shape index (κ1) is 11.0. The largest absolute Gasteiger partial charge is 0.314 e. The van der Waals surface area contributed by atoms with Crippen molar-refractivity contribution in [2.75, 3.05) is 6.54 Å². The lowest BCUT2D eigenvalue weighted by atomic mass is 10.1. The van der Waals surface area contributed by atoms with Crippen molar-refractivity contribution in [3.8, 4) is 0 Å². The van der Waals surface area contributed by atoms with Crippen LogP contribution in [0.5, 0.6) is 0 Å². The average molecular weight is 224 g/mol. The first-order valence-electron chi connectivity index (χ1n) is 5.72. The molecule has 1 atom stereocenters. The van der Waals surface area contributed by atoms with Gasteiger partial charge >= 0.3 is 0 Å². The fourth-order valence-electron chi connectivity index (χ4n) is 1.78. The highest BCUT2D eigenvalue weighted by atomic mass is 35.5. The molecule has 1 fully saturated rings. The van der Waals surface area contributed by atoms with Crippen LogP contribution < -0.4 is 5.32 Å². The van der Waals surface area contributed by atoms with Crippen molar-refractivity contribution < 1.29 is 0 Å². The van der Waals surface area contributed by atoms with Crippen LogP contribution in [0.2, 0.25) is 5.02 Å². The summed E-state index contributed by atoms with van der Waals surface area (Å²) >= 11 is 5.95. The Balaban J connectivity index is 1.79. The van der Waals surface area contributed by atoms with Crippen molar-refractivity contribution in [2.24, 2.45) is 5.92 Å². The van der Waals surface area contributed by atoms with E-state index in [0.29, 0.717) is 6.04 Å². The maximum atomic E-state index is 5.95. The topological polar surface area (TPSA) is 12.0 Å². The molecule has 0 radical (unpaired) electrons. The summed E-state index contributed by atoms with van der Waals surface area (Å²) in [5, 5.41) is 4.40. The molecule has 0 saturated heterocycles. The molecule has 0 heterocycles. The molecule has 1 N–H and O–H groups in total. The first-order chi connectivity index (χ1) is 7.24. The molecule has 1 nitrogen and oxygen atoms in total. The molecule has 0 bridgehead atoms. The van der Waals surface area contributed by atoms with E-state index in [2.05, 4.69) is 24.4 Å². The van der Waals surface area contributed by atoms with Gasteiger partial charge in [-0.15, -0.1) is 0 Å². The van der Waals surface area contributed by atoms with E-state index in [1.165, 1.54) is 24.9 Å². The molecule has 1 aromatic rings. The summed E-state index contributed by atoms with van der Waals surface area (Å²) in [6.07, 6.45) is 3.89. The Kier molecular flexibility index (Phi) is 3.66. The van der Waals surface area contributed by atoms with Crippen LogP contribution in [0, 0.1) is 5.92 Å². The normalized spacial score (nSPS) is 17.7. The third-order valence-corrected chi connectivity index (χ3v) is 3.12. The molecule has 1 aromatic carbocycles. The summed E-state index contributed by atoms with van der Waals surface area (Å²) in [6.45, 7) is 3.42. The van der Waals surface area contributed by atoms with Gasteiger partial charge in [0.15, 0.2) is 0 Å². The van der Waals surface area contributed by atoms with Crippen LogP contribution in [0.3, 0.4) is 0 Å². The predicted octanol–water partition coefficient (Wildman–Crippen LogP) is 3.27. The number of benzene rings is 1. The summed E-state index contributed by atoms with van der Waals surface area (Å²) in [6, 6.07) is 8.68. The highest BCUT2D eigenvalue weighted by Crippen LogP contribution is 2.27. The Hall–Kier alpha value is -0.530. The van der Waals surface area contributed by atoms with Crippen LogP contribution >= 0.6 is 11.6 Å². The van der Waals surface area contributed by atoms with Crippen molar-refractivity contribution in [3.63, 3.8) is 0 Å². The van der Waals surface area contributed by atoms with E-state index in [1.54, 1.807) is 0 Å². The predicted molar refractivity (Wildman–Crippen MR) is 65.3 cm³/mol.